The molecule has 0 unspecified atom stereocenters. The molecule has 0 aliphatic carbocycles. The average Bonchev–Trinajstić information content (AvgIpc) is 3.73. The predicted molar refractivity (Wildman–Crippen MR) is 160 cm³/mol. The van der Waals surface area contributed by atoms with Crippen LogP contribution in [-0.2, 0) is 16.5 Å². The SMILES string of the molecule is Nc1cccc2c3nc4nc(nc5[nH]c(nc6nc(nc([nH]3)c12)-c1ccccc1-6)c1ccccc51)-c1ccccc1-4.[Ni]. The first-order chi connectivity index (χ1) is 20.2. The molecule has 7 aromatic rings. The van der Waals surface area contributed by atoms with Gasteiger partial charge in [0.2, 0.25) is 0 Å². The number of aromatic nitrogens is 8. The minimum Gasteiger partial charge on any atom is -0.398 e. The average molecular weight is 588 g/mol. The van der Waals surface area contributed by atoms with Crippen molar-refractivity contribution in [2.24, 2.45) is 0 Å². The Morgan fingerprint density at radius 1 is 0.405 bits per heavy atom. The molecule has 0 amide bonds. The van der Waals surface area contributed by atoms with Gasteiger partial charge >= 0.3 is 0 Å². The summed E-state index contributed by atoms with van der Waals surface area (Å²) in [6.07, 6.45) is 0. The van der Waals surface area contributed by atoms with Gasteiger partial charge in [0.15, 0.2) is 23.3 Å². The van der Waals surface area contributed by atoms with Crippen LogP contribution in [-0.4, -0.2) is 39.9 Å². The fourth-order valence-corrected chi connectivity index (χ4v) is 5.72. The molecule has 0 atom stereocenters. The fourth-order valence-electron chi connectivity index (χ4n) is 5.72. The standard InChI is InChI=1S/C32H19N9.Ni/c33-23-15-7-14-22-24(23)32-40-30-21-13-6-5-12-20(21)28(38-30)36-26-17-9-2-1-8-16(17)25(34-26)35-27-18-10-3-4-11-19(18)29(37-27)39-31(22)41-32;/h1-15H,33H2,(H2,34,35,36,37,38,39,40,41);. The minimum atomic E-state index is 0. The van der Waals surface area contributed by atoms with Gasteiger partial charge in [-0.15, -0.1) is 0 Å². The normalized spacial score (nSPS) is 11.7. The van der Waals surface area contributed by atoms with Crippen LogP contribution in [0.1, 0.15) is 0 Å². The number of hydrogen-bond acceptors (Lipinski definition) is 7. The zero-order valence-corrected chi connectivity index (χ0v) is 22.7. The van der Waals surface area contributed by atoms with Gasteiger partial charge in [0, 0.05) is 60.6 Å². The summed E-state index contributed by atoms with van der Waals surface area (Å²) in [6, 6.07) is 29.7. The van der Waals surface area contributed by atoms with Crippen molar-refractivity contribution in [2.75, 3.05) is 5.73 Å². The van der Waals surface area contributed by atoms with Gasteiger partial charge in [0.1, 0.15) is 22.6 Å². The Morgan fingerprint density at radius 2 is 0.786 bits per heavy atom. The van der Waals surface area contributed by atoms with Crippen LogP contribution in [0.5, 0.6) is 0 Å². The van der Waals surface area contributed by atoms with Gasteiger partial charge in [-0.2, -0.15) is 0 Å². The van der Waals surface area contributed by atoms with E-state index in [1.165, 1.54) is 0 Å². The first-order valence-electron chi connectivity index (χ1n) is 13.2. The Kier molecular flexibility index (Phi) is 5.23. The third kappa shape index (κ3) is 3.49. The fraction of sp³-hybridized carbons (Fsp3) is 0. The van der Waals surface area contributed by atoms with Crippen molar-refractivity contribution in [3.8, 4) is 45.6 Å². The first-order valence-corrected chi connectivity index (χ1v) is 13.2. The molecule has 0 saturated heterocycles. The predicted octanol–water partition coefficient (Wildman–Crippen LogP) is 6.45. The van der Waals surface area contributed by atoms with E-state index in [9.17, 15) is 0 Å². The molecule has 9 nitrogen and oxygen atoms in total. The number of aromatic amines is 2. The number of anilines is 1. The molecule has 8 bridgehead atoms. The summed E-state index contributed by atoms with van der Waals surface area (Å²) >= 11 is 0. The summed E-state index contributed by atoms with van der Waals surface area (Å²) in [4.78, 5) is 36.7. The van der Waals surface area contributed by atoms with Crippen LogP contribution in [0.3, 0.4) is 0 Å². The Balaban J connectivity index is 0.00000267. The van der Waals surface area contributed by atoms with Crippen molar-refractivity contribution >= 4 is 49.8 Å². The van der Waals surface area contributed by atoms with E-state index in [1.54, 1.807) is 0 Å². The minimum absolute atomic E-state index is 0. The molecule has 2 aliphatic heterocycles. The molecule has 3 aromatic heterocycles. The third-order valence-corrected chi connectivity index (χ3v) is 7.61. The van der Waals surface area contributed by atoms with E-state index < -0.39 is 0 Å². The van der Waals surface area contributed by atoms with E-state index in [2.05, 4.69) is 9.97 Å². The Hall–Kier alpha value is -5.47. The molecule has 4 N–H and O–H groups in total. The summed E-state index contributed by atoms with van der Waals surface area (Å²) < 4.78 is 0. The monoisotopic (exact) mass is 587 g/mol. The Bertz CT molecular complexity index is 2400. The van der Waals surface area contributed by atoms with Crippen molar-refractivity contribution in [3.05, 3.63) is 91.0 Å². The zero-order valence-electron chi connectivity index (χ0n) is 21.7. The number of nitrogen functional groups attached to an aromatic ring is 1. The summed E-state index contributed by atoms with van der Waals surface area (Å²) in [6.45, 7) is 0. The largest absolute Gasteiger partial charge is 0.398 e. The van der Waals surface area contributed by atoms with E-state index in [-0.39, 0.29) is 16.5 Å². The molecule has 42 heavy (non-hydrogen) atoms. The second-order valence-corrected chi connectivity index (χ2v) is 10.0. The van der Waals surface area contributed by atoms with Crippen LogP contribution in [0.25, 0.3) is 89.7 Å². The molecular weight excluding hydrogens is 569 g/mol. The molecule has 0 saturated carbocycles. The van der Waals surface area contributed by atoms with Gasteiger partial charge < -0.3 is 15.7 Å². The van der Waals surface area contributed by atoms with Crippen LogP contribution >= 0.6 is 0 Å². The maximum absolute atomic E-state index is 6.49. The maximum atomic E-state index is 6.49. The van der Waals surface area contributed by atoms with Crippen molar-refractivity contribution < 1.29 is 16.5 Å². The number of nitrogens with two attached hydrogens (primary N) is 1. The zero-order chi connectivity index (χ0) is 27.1. The quantitative estimate of drug-likeness (QED) is 0.137. The molecule has 2 aliphatic rings. The molecule has 5 heterocycles. The van der Waals surface area contributed by atoms with E-state index in [0.717, 1.165) is 43.8 Å². The van der Waals surface area contributed by atoms with E-state index >= 15 is 0 Å². The number of rotatable bonds is 0. The molecule has 202 valence electrons. The number of fused-ring (bicyclic) bond motifs is 20. The van der Waals surface area contributed by atoms with Crippen molar-refractivity contribution in [2.45, 2.75) is 0 Å². The van der Waals surface area contributed by atoms with Gasteiger partial charge in [-0.3, -0.25) is 0 Å². The van der Waals surface area contributed by atoms with Gasteiger partial charge in [0.05, 0.1) is 5.39 Å². The number of nitrogens with one attached hydrogen (secondary N) is 2. The first kappa shape index (κ1) is 24.3. The molecule has 0 radical (unpaired) electrons. The van der Waals surface area contributed by atoms with E-state index in [0.29, 0.717) is 51.6 Å². The Morgan fingerprint density at radius 3 is 1.29 bits per heavy atom. The van der Waals surface area contributed by atoms with Crippen LogP contribution in [0.2, 0.25) is 0 Å². The van der Waals surface area contributed by atoms with Gasteiger partial charge in [0.25, 0.3) is 0 Å². The summed E-state index contributed by atoms with van der Waals surface area (Å²) in [5.41, 5.74) is 13.2. The molecule has 9 rings (SSSR count). The number of H-pyrrole nitrogens is 2. The number of hydrogen-bond donors (Lipinski definition) is 3. The van der Waals surface area contributed by atoms with Crippen LogP contribution in [0.4, 0.5) is 5.69 Å². The number of benzene rings is 4. The molecule has 4 aromatic carbocycles. The van der Waals surface area contributed by atoms with E-state index in [1.807, 2.05) is 91.0 Å². The summed E-state index contributed by atoms with van der Waals surface area (Å²) in [5.74, 6) is 2.25. The third-order valence-electron chi connectivity index (χ3n) is 7.61. The summed E-state index contributed by atoms with van der Waals surface area (Å²) in [5, 5.41) is 3.51. The number of nitrogens with zero attached hydrogens (tertiary/aromatic N) is 6. The maximum Gasteiger partial charge on any atom is 0.164 e. The topological polar surface area (TPSA) is 135 Å². The molecule has 0 fully saturated rings. The van der Waals surface area contributed by atoms with Crippen LogP contribution < -0.4 is 5.73 Å². The van der Waals surface area contributed by atoms with Crippen LogP contribution in [0, 0.1) is 0 Å². The Labute approximate surface area is 247 Å². The van der Waals surface area contributed by atoms with Gasteiger partial charge in [-0.1, -0.05) is 84.9 Å². The van der Waals surface area contributed by atoms with Crippen molar-refractivity contribution in [1.82, 2.24) is 39.9 Å². The van der Waals surface area contributed by atoms with Gasteiger partial charge in [-0.25, -0.2) is 29.9 Å². The smallest absolute Gasteiger partial charge is 0.164 e. The summed E-state index contributed by atoms with van der Waals surface area (Å²) in [7, 11) is 0. The second kappa shape index (κ2) is 9.02. The van der Waals surface area contributed by atoms with Crippen LogP contribution in [0.15, 0.2) is 91.0 Å². The molecular formula is C32H19N9Ni. The van der Waals surface area contributed by atoms with Crippen molar-refractivity contribution in [1.29, 1.82) is 0 Å². The van der Waals surface area contributed by atoms with Crippen molar-refractivity contribution in [3.63, 3.8) is 0 Å². The van der Waals surface area contributed by atoms with E-state index in [4.69, 9.17) is 35.6 Å². The van der Waals surface area contributed by atoms with Gasteiger partial charge in [-0.05, 0) is 6.07 Å². The molecule has 0 spiro atoms. The second-order valence-electron chi connectivity index (χ2n) is 10.0. The molecule has 10 heteroatoms.